The summed E-state index contributed by atoms with van der Waals surface area (Å²) in [7, 11) is 2.75. The zero-order valence-electron chi connectivity index (χ0n) is 10.9. The lowest BCUT2D eigenvalue weighted by molar-refractivity contribution is -0.132. The number of carbonyl (C=O) groups is 2. The minimum atomic E-state index is -0.556. The molecule has 0 saturated heterocycles. The molecule has 0 spiro atoms. The lowest BCUT2D eigenvalue weighted by Crippen LogP contribution is -2.15. The Morgan fingerprint density at radius 3 is 2.53 bits per heavy atom. The Labute approximate surface area is 111 Å². The van der Waals surface area contributed by atoms with Crippen LogP contribution in [-0.2, 0) is 9.53 Å². The van der Waals surface area contributed by atoms with E-state index in [4.69, 9.17) is 9.47 Å². The van der Waals surface area contributed by atoms with Gasteiger partial charge in [-0.15, -0.1) is 0 Å². The van der Waals surface area contributed by atoms with Gasteiger partial charge in [-0.3, -0.25) is 10.1 Å². The number of amides is 1. The normalized spacial score (nSPS) is 10.1. The SMILES string of the molecule is COC(=O)NC=Cc1ccc(OC(C)=O)c(OC)c1. The first kappa shape index (κ1) is 14.6. The van der Waals surface area contributed by atoms with Crippen LogP contribution in [0.25, 0.3) is 6.08 Å². The average Bonchev–Trinajstić information content (AvgIpc) is 2.39. The van der Waals surface area contributed by atoms with Crippen LogP contribution in [0.1, 0.15) is 12.5 Å². The highest BCUT2D eigenvalue weighted by atomic mass is 16.6. The van der Waals surface area contributed by atoms with E-state index in [0.717, 1.165) is 5.56 Å². The largest absolute Gasteiger partial charge is 0.493 e. The van der Waals surface area contributed by atoms with Crippen LogP contribution in [0.3, 0.4) is 0 Å². The third-order valence-corrected chi connectivity index (χ3v) is 2.10. The average molecular weight is 265 g/mol. The van der Waals surface area contributed by atoms with Crippen LogP contribution < -0.4 is 14.8 Å². The van der Waals surface area contributed by atoms with Crippen LogP contribution in [0.5, 0.6) is 11.5 Å². The fourth-order valence-electron chi connectivity index (χ4n) is 1.29. The molecule has 0 saturated carbocycles. The maximum absolute atomic E-state index is 10.9. The molecule has 0 aliphatic heterocycles. The zero-order chi connectivity index (χ0) is 14.3. The fourth-order valence-corrected chi connectivity index (χ4v) is 1.29. The summed E-state index contributed by atoms with van der Waals surface area (Å²) in [6, 6.07) is 5.00. The Balaban J connectivity index is 2.81. The summed E-state index contributed by atoms with van der Waals surface area (Å²) in [5.41, 5.74) is 0.768. The van der Waals surface area contributed by atoms with Crippen molar-refractivity contribution in [2.75, 3.05) is 14.2 Å². The van der Waals surface area contributed by atoms with Gasteiger partial charge >= 0.3 is 12.1 Å². The highest BCUT2D eigenvalue weighted by Gasteiger charge is 2.06. The maximum atomic E-state index is 10.9. The van der Waals surface area contributed by atoms with E-state index in [1.54, 1.807) is 24.3 Å². The van der Waals surface area contributed by atoms with Crippen molar-refractivity contribution in [1.82, 2.24) is 5.32 Å². The Hall–Kier alpha value is -2.50. The van der Waals surface area contributed by atoms with Crippen LogP contribution >= 0.6 is 0 Å². The molecule has 1 amide bonds. The van der Waals surface area contributed by atoms with Gasteiger partial charge in [-0.2, -0.15) is 0 Å². The number of hydrogen-bond donors (Lipinski definition) is 1. The number of nitrogens with one attached hydrogen (secondary N) is 1. The smallest absolute Gasteiger partial charge is 0.410 e. The van der Waals surface area contributed by atoms with Gasteiger partial charge < -0.3 is 14.2 Å². The second-order valence-electron chi connectivity index (χ2n) is 3.47. The number of alkyl carbamates (subject to hydrolysis) is 1. The van der Waals surface area contributed by atoms with Gasteiger partial charge in [-0.05, 0) is 23.8 Å². The first-order valence-corrected chi connectivity index (χ1v) is 5.44. The summed E-state index contributed by atoms with van der Waals surface area (Å²) in [4.78, 5) is 21.7. The van der Waals surface area contributed by atoms with Crippen LogP contribution in [-0.4, -0.2) is 26.3 Å². The summed E-state index contributed by atoms with van der Waals surface area (Å²) in [6.07, 6.45) is 2.53. The van der Waals surface area contributed by atoms with E-state index in [-0.39, 0.29) is 0 Å². The van der Waals surface area contributed by atoms with Gasteiger partial charge in [0, 0.05) is 13.1 Å². The van der Waals surface area contributed by atoms with Crippen molar-refractivity contribution in [3.05, 3.63) is 30.0 Å². The topological polar surface area (TPSA) is 73.9 Å². The molecule has 19 heavy (non-hydrogen) atoms. The number of hydrogen-bond acceptors (Lipinski definition) is 5. The second-order valence-corrected chi connectivity index (χ2v) is 3.47. The van der Waals surface area contributed by atoms with Crippen LogP contribution in [0.2, 0.25) is 0 Å². The fraction of sp³-hybridized carbons (Fsp3) is 0.231. The second kappa shape index (κ2) is 7.05. The van der Waals surface area contributed by atoms with Crippen molar-refractivity contribution in [2.45, 2.75) is 6.92 Å². The Kier molecular flexibility index (Phi) is 5.40. The molecule has 0 atom stereocenters. The van der Waals surface area contributed by atoms with E-state index in [1.807, 2.05) is 0 Å². The summed E-state index contributed by atoms with van der Waals surface area (Å²) >= 11 is 0. The third-order valence-electron chi connectivity index (χ3n) is 2.10. The molecule has 0 fully saturated rings. The van der Waals surface area contributed by atoms with Gasteiger partial charge in [0.05, 0.1) is 14.2 Å². The molecular weight excluding hydrogens is 250 g/mol. The molecule has 6 heteroatoms. The molecule has 1 N–H and O–H groups in total. The highest BCUT2D eigenvalue weighted by molar-refractivity contribution is 5.71. The highest BCUT2D eigenvalue weighted by Crippen LogP contribution is 2.28. The Morgan fingerprint density at radius 1 is 1.21 bits per heavy atom. The van der Waals surface area contributed by atoms with Gasteiger partial charge in [-0.25, -0.2) is 4.79 Å². The molecule has 0 aliphatic carbocycles. The Bertz CT molecular complexity index is 496. The van der Waals surface area contributed by atoms with Crippen LogP contribution in [0.15, 0.2) is 24.4 Å². The monoisotopic (exact) mass is 265 g/mol. The standard InChI is InChI=1S/C13H15NO5/c1-9(15)19-11-5-4-10(8-12(11)17-2)6-7-14-13(16)18-3/h4-8H,1-3H3,(H,14,16). The number of ether oxygens (including phenoxy) is 3. The molecule has 0 aromatic heterocycles. The lowest BCUT2D eigenvalue weighted by Gasteiger charge is -2.08. The summed E-state index contributed by atoms with van der Waals surface area (Å²) in [6.45, 7) is 1.31. The van der Waals surface area contributed by atoms with E-state index in [9.17, 15) is 9.59 Å². The summed E-state index contributed by atoms with van der Waals surface area (Å²) < 4.78 is 14.5. The van der Waals surface area contributed by atoms with E-state index in [1.165, 1.54) is 27.3 Å². The van der Waals surface area contributed by atoms with Gasteiger partial charge in [0.15, 0.2) is 11.5 Å². The quantitative estimate of drug-likeness (QED) is 0.665. The van der Waals surface area contributed by atoms with Crippen molar-refractivity contribution in [2.24, 2.45) is 0 Å². The lowest BCUT2D eigenvalue weighted by atomic mass is 10.2. The van der Waals surface area contributed by atoms with E-state index in [2.05, 4.69) is 10.1 Å². The van der Waals surface area contributed by atoms with Crippen LogP contribution in [0, 0.1) is 0 Å². The zero-order valence-corrected chi connectivity index (χ0v) is 10.9. The number of benzene rings is 1. The predicted octanol–water partition coefficient (Wildman–Crippen LogP) is 1.95. The number of rotatable bonds is 4. The summed E-state index contributed by atoms with van der Waals surface area (Å²) in [5.74, 6) is 0.345. The van der Waals surface area contributed by atoms with Gasteiger partial charge in [0.25, 0.3) is 0 Å². The van der Waals surface area contributed by atoms with Crippen molar-refractivity contribution < 1.29 is 23.8 Å². The molecule has 0 bridgehead atoms. The summed E-state index contributed by atoms with van der Waals surface area (Å²) in [5, 5.41) is 2.40. The molecule has 0 radical (unpaired) electrons. The third kappa shape index (κ3) is 4.71. The first-order chi connectivity index (χ1) is 9.06. The first-order valence-electron chi connectivity index (χ1n) is 5.44. The van der Waals surface area contributed by atoms with E-state index < -0.39 is 12.1 Å². The van der Waals surface area contributed by atoms with Gasteiger partial charge in [-0.1, -0.05) is 6.07 Å². The Morgan fingerprint density at radius 2 is 1.95 bits per heavy atom. The molecule has 1 rings (SSSR count). The van der Waals surface area contributed by atoms with Crippen LogP contribution in [0.4, 0.5) is 4.79 Å². The molecule has 0 heterocycles. The number of methoxy groups -OCH3 is 2. The minimum absolute atomic E-state index is 0.341. The number of esters is 1. The van der Waals surface area contributed by atoms with Crippen molar-refractivity contribution >= 4 is 18.1 Å². The van der Waals surface area contributed by atoms with Crippen molar-refractivity contribution in [3.63, 3.8) is 0 Å². The maximum Gasteiger partial charge on any atom is 0.410 e. The molecule has 1 aromatic rings. The van der Waals surface area contributed by atoms with E-state index in [0.29, 0.717) is 11.5 Å². The molecule has 6 nitrogen and oxygen atoms in total. The molecule has 102 valence electrons. The number of carbonyl (C=O) groups excluding carboxylic acids is 2. The molecule has 0 aliphatic rings. The molecule has 1 aromatic carbocycles. The van der Waals surface area contributed by atoms with Crippen molar-refractivity contribution in [1.29, 1.82) is 0 Å². The predicted molar refractivity (Wildman–Crippen MR) is 68.9 cm³/mol. The van der Waals surface area contributed by atoms with Crippen molar-refractivity contribution in [3.8, 4) is 11.5 Å². The van der Waals surface area contributed by atoms with E-state index >= 15 is 0 Å². The molecule has 0 unspecified atom stereocenters. The van der Waals surface area contributed by atoms with Gasteiger partial charge in [0.2, 0.25) is 0 Å². The minimum Gasteiger partial charge on any atom is -0.493 e. The van der Waals surface area contributed by atoms with Gasteiger partial charge in [0.1, 0.15) is 0 Å². The molecular formula is C13H15NO5.